The molecule has 0 rings (SSSR count). The maximum absolute atomic E-state index is 13.1. The molecule has 17 nitrogen and oxygen atoms in total. The number of aliphatic hydroxyl groups excluding tert-OH is 1. The number of allylic oxidation sites excluding steroid dienone is 4. The molecule has 0 spiro atoms. The van der Waals surface area contributed by atoms with E-state index in [1.54, 1.807) is 0 Å². The van der Waals surface area contributed by atoms with E-state index in [1.165, 1.54) is 186 Å². The van der Waals surface area contributed by atoms with Crippen molar-refractivity contribution in [1.29, 1.82) is 0 Å². The Kier molecular flexibility index (Phi) is 69.4. The highest BCUT2D eigenvalue weighted by atomic mass is 31.2. The lowest BCUT2D eigenvalue weighted by atomic mass is 9.99. The van der Waals surface area contributed by atoms with Gasteiger partial charge in [0.25, 0.3) is 0 Å². The molecule has 0 aromatic carbocycles. The van der Waals surface area contributed by atoms with Gasteiger partial charge < -0.3 is 33.8 Å². The Morgan fingerprint density at radius 3 is 0.909 bits per heavy atom. The SMILES string of the molecule is CCCCCC/C=C\C=C/CCCCCCCC(=O)OC[C@H](COP(=O)(O)OC[C@@H](O)COP(=O)(O)OC[C@@H](COC(=O)CCCCCCCCC(C)C)OC(=O)CCCCCCCCCCCCCCC)OC(=O)CCCCCCCCCCCCCCCCCCCCC(C)CC. The lowest BCUT2D eigenvalue weighted by Crippen LogP contribution is -2.30. The Hall–Kier alpha value is -2.46. The van der Waals surface area contributed by atoms with Crippen LogP contribution in [-0.4, -0.2) is 96.7 Å². The predicted octanol–water partition coefficient (Wildman–Crippen LogP) is 23.4. The Balaban J connectivity index is 5.23. The minimum atomic E-state index is -4.97. The zero-order valence-corrected chi connectivity index (χ0v) is 66.1. The Morgan fingerprint density at radius 2 is 0.596 bits per heavy atom. The summed E-state index contributed by atoms with van der Waals surface area (Å²) in [6.07, 6.45) is 63.4. The molecular weight excluding hydrogens is 1290 g/mol. The monoisotopic (exact) mass is 1450 g/mol. The van der Waals surface area contributed by atoms with Crippen LogP contribution in [0.3, 0.4) is 0 Å². The summed E-state index contributed by atoms with van der Waals surface area (Å²) >= 11 is 0. The third kappa shape index (κ3) is 72.3. The summed E-state index contributed by atoms with van der Waals surface area (Å²) in [5, 5.41) is 10.6. The quantitative estimate of drug-likeness (QED) is 0.0169. The van der Waals surface area contributed by atoms with Gasteiger partial charge in [-0.1, -0.05) is 342 Å². The summed E-state index contributed by atoms with van der Waals surface area (Å²) in [4.78, 5) is 72.9. The molecule has 3 N–H and O–H groups in total. The number of phosphoric acid groups is 2. The van der Waals surface area contributed by atoms with Crippen LogP contribution in [0.2, 0.25) is 0 Å². The molecule has 0 heterocycles. The van der Waals surface area contributed by atoms with Crippen LogP contribution < -0.4 is 0 Å². The molecule has 584 valence electrons. The van der Waals surface area contributed by atoms with Crippen molar-refractivity contribution in [1.82, 2.24) is 0 Å². The molecule has 0 aliphatic carbocycles. The van der Waals surface area contributed by atoms with Gasteiger partial charge in [-0.15, -0.1) is 0 Å². The number of carbonyl (C=O) groups excluding carboxylic acids is 4. The molecule has 0 saturated carbocycles. The summed E-state index contributed by atoms with van der Waals surface area (Å²) in [7, 11) is -9.93. The van der Waals surface area contributed by atoms with E-state index in [1.807, 2.05) is 0 Å². The number of unbranched alkanes of at least 4 members (excludes halogenated alkanes) is 43. The molecule has 99 heavy (non-hydrogen) atoms. The molecule has 0 aliphatic rings. The summed E-state index contributed by atoms with van der Waals surface area (Å²) in [6, 6.07) is 0. The fourth-order valence-electron chi connectivity index (χ4n) is 11.8. The van der Waals surface area contributed by atoms with Crippen molar-refractivity contribution in [2.75, 3.05) is 39.6 Å². The van der Waals surface area contributed by atoms with E-state index in [9.17, 15) is 43.2 Å². The summed E-state index contributed by atoms with van der Waals surface area (Å²) in [5.41, 5.74) is 0. The smallest absolute Gasteiger partial charge is 0.462 e. The minimum Gasteiger partial charge on any atom is -0.462 e. The van der Waals surface area contributed by atoms with Crippen molar-refractivity contribution in [2.45, 2.75) is 413 Å². The highest BCUT2D eigenvalue weighted by Gasteiger charge is 2.30. The van der Waals surface area contributed by atoms with E-state index in [4.69, 9.17) is 37.0 Å². The van der Waals surface area contributed by atoms with E-state index in [0.717, 1.165) is 121 Å². The molecule has 0 aliphatic heterocycles. The van der Waals surface area contributed by atoms with Crippen molar-refractivity contribution >= 4 is 39.5 Å². The zero-order chi connectivity index (χ0) is 72.8. The number of aliphatic hydroxyl groups is 1. The third-order valence-electron chi connectivity index (χ3n) is 18.4. The van der Waals surface area contributed by atoms with Gasteiger partial charge in [0.05, 0.1) is 26.4 Å². The molecule has 0 amide bonds. The van der Waals surface area contributed by atoms with Crippen LogP contribution in [-0.2, 0) is 65.4 Å². The van der Waals surface area contributed by atoms with Gasteiger partial charge in [-0.3, -0.25) is 37.3 Å². The molecule has 0 saturated heterocycles. The van der Waals surface area contributed by atoms with Gasteiger partial charge in [0.1, 0.15) is 19.3 Å². The molecule has 0 aromatic heterocycles. The van der Waals surface area contributed by atoms with Gasteiger partial charge in [-0.25, -0.2) is 9.13 Å². The van der Waals surface area contributed by atoms with Crippen LogP contribution >= 0.6 is 15.6 Å². The van der Waals surface area contributed by atoms with Gasteiger partial charge in [0.15, 0.2) is 12.2 Å². The van der Waals surface area contributed by atoms with Crippen molar-refractivity contribution in [3.05, 3.63) is 24.3 Å². The number of hydrogen-bond acceptors (Lipinski definition) is 15. The predicted molar refractivity (Wildman–Crippen MR) is 404 cm³/mol. The molecule has 0 bridgehead atoms. The number of carbonyl (C=O) groups is 4. The number of rotatable bonds is 77. The van der Waals surface area contributed by atoms with Gasteiger partial charge in [0.2, 0.25) is 0 Å². The molecule has 0 aromatic rings. The summed E-state index contributed by atoms with van der Waals surface area (Å²) in [6.45, 7) is 9.54. The normalized spacial score (nSPS) is 14.4. The lowest BCUT2D eigenvalue weighted by molar-refractivity contribution is -0.161. The van der Waals surface area contributed by atoms with Crippen molar-refractivity contribution in [3.8, 4) is 0 Å². The van der Waals surface area contributed by atoms with E-state index in [0.29, 0.717) is 31.6 Å². The zero-order valence-electron chi connectivity index (χ0n) is 64.3. The average Bonchev–Trinajstić information content (AvgIpc) is 1.02. The summed E-state index contributed by atoms with van der Waals surface area (Å²) < 4.78 is 68.6. The summed E-state index contributed by atoms with van der Waals surface area (Å²) in [5.74, 6) is -0.596. The molecular formula is C80H152O17P2. The van der Waals surface area contributed by atoms with Crippen molar-refractivity contribution in [2.24, 2.45) is 11.8 Å². The molecule has 6 atom stereocenters. The van der Waals surface area contributed by atoms with Crippen LogP contribution in [0.15, 0.2) is 24.3 Å². The molecule has 3 unspecified atom stereocenters. The first-order valence-corrected chi connectivity index (χ1v) is 43.8. The second-order valence-electron chi connectivity index (χ2n) is 28.8. The first kappa shape index (κ1) is 96.5. The third-order valence-corrected chi connectivity index (χ3v) is 20.3. The molecule has 0 fully saturated rings. The van der Waals surface area contributed by atoms with Gasteiger partial charge in [-0.2, -0.15) is 0 Å². The van der Waals surface area contributed by atoms with Gasteiger partial charge >= 0.3 is 39.5 Å². The maximum atomic E-state index is 13.1. The van der Waals surface area contributed by atoms with Crippen LogP contribution in [0.1, 0.15) is 395 Å². The van der Waals surface area contributed by atoms with Crippen molar-refractivity contribution in [3.63, 3.8) is 0 Å². The average molecular weight is 1450 g/mol. The number of phosphoric ester groups is 2. The minimum absolute atomic E-state index is 0.101. The Morgan fingerprint density at radius 1 is 0.333 bits per heavy atom. The van der Waals surface area contributed by atoms with E-state index >= 15 is 0 Å². The maximum Gasteiger partial charge on any atom is 0.472 e. The van der Waals surface area contributed by atoms with Crippen LogP contribution in [0.4, 0.5) is 0 Å². The van der Waals surface area contributed by atoms with Crippen molar-refractivity contribution < 1.29 is 80.2 Å². The Labute approximate surface area is 605 Å². The first-order valence-electron chi connectivity index (χ1n) is 40.8. The molecule has 19 heteroatoms. The number of esters is 4. The van der Waals surface area contributed by atoms with Gasteiger partial charge in [-0.05, 0) is 63.2 Å². The number of hydrogen-bond donors (Lipinski definition) is 3. The Bertz CT molecular complexity index is 2000. The van der Waals surface area contributed by atoms with E-state index in [2.05, 4.69) is 65.8 Å². The second kappa shape index (κ2) is 71.2. The fraction of sp³-hybridized carbons (Fsp3) is 0.900. The van der Waals surface area contributed by atoms with E-state index in [-0.39, 0.29) is 25.7 Å². The van der Waals surface area contributed by atoms with Crippen LogP contribution in [0.5, 0.6) is 0 Å². The van der Waals surface area contributed by atoms with Crippen LogP contribution in [0, 0.1) is 11.8 Å². The largest absolute Gasteiger partial charge is 0.472 e. The standard InChI is InChI=1S/C80H152O17P2/c1-7-10-12-14-16-18-20-22-27-32-35-39-43-50-56-62-77(82)90-68-75(96-79(84)65-59-53-45-41-37-33-29-26-24-23-25-28-31-34-38-42-49-55-61-73(6)9-3)70-94-98(86,87)92-66-74(81)67-93-99(88,89)95-71-76(69-91-78(83)63-57-51-47-46-48-54-60-72(4)5)97-80(85)64-58-52-44-40-36-30-21-19-17-15-13-11-8-2/h18,20,22,27,72-76,81H,7-17,19,21,23-26,28-71H2,1-6H3,(H,86,87)(H,88,89)/b20-18-,27-22-/t73?,74-,75-,76-/m1/s1. The first-order chi connectivity index (χ1) is 47.9. The van der Waals surface area contributed by atoms with E-state index < -0.39 is 97.5 Å². The lowest BCUT2D eigenvalue weighted by Gasteiger charge is -2.21. The van der Waals surface area contributed by atoms with Gasteiger partial charge in [0, 0.05) is 25.7 Å². The highest BCUT2D eigenvalue weighted by molar-refractivity contribution is 7.47. The van der Waals surface area contributed by atoms with Crippen LogP contribution in [0.25, 0.3) is 0 Å². The fourth-order valence-corrected chi connectivity index (χ4v) is 13.4. The number of ether oxygens (including phenoxy) is 4. The second-order valence-corrected chi connectivity index (χ2v) is 31.7. The highest BCUT2D eigenvalue weighted by Crippen LogP contribution is 2.45. The molecule has 0 radical (unpaired) electrons. The topological polar surface area (TPSA) is 237 Å².